The zero-order valence-corrected chi connectivity index (χ0v) is 9.03. The van der Waals surface area contributed by atoms with E-state index in [1.165, 1.54) is 12.1 Å². The topological polar surface area (TPSA) is 106 Å². The van der Waals surface area contributed by atoms with Crippen molar-refractivity contribution in [3.63, 3.8) is 0 Å². The molecule has 0 radical (unpaired) electrons. The van der Waals surface area contributed by atoms with E-state index in [0.717, 1.165) is 0 Å². The van der Waals surface area contributed by atoms with Crippen LogP contribution in [0.5, 0.6) is 0 Å². The molecule has 0 unspecified atom stereocenters. The van der Waals surface area contributed by atoms with Crippen molar-refractivity contribution in [1.29, 1.82) is 0 Å². The van der Waals surface area contributed by atoms with E-state index in [-0.39, 0.29) is 15.8 Å². The maximum Gasteiger partial charge on any atom is -0.870 e. The van der Waals surface area contributed by atoms with E-state index in [2.05, 4.69) is 4.72 Å². The zero-order valence-electron chi connectivity index (χ0n) is 8.21. The van der Waals surface area contributed by atoms with Crippen LogP contribution in [-0.4, -0.2) is 33.8 Å². The first-order chi connectivity index (χ1) is 6.06. The second kappa shape index (κ2) is 6.57. The molecular weight excluding hydrogens is 217 g/mol. The van der Waals surface area contributed by atoms with Crippen LogP contribution in [0.15, 0.2) is 29.2 Å². The molecule has 15 heavy (non-hydrogen) atoms. The summed E-state index contributed by atoms with van der Waals surface area (Å²) in [6.45, 7) is 2.11. The van der Waals surface area contributed by atoms with Crippen molar-refractivity contribution in [3.05, 3.63) is 24.3 Å². The Kier molecular flexibility index (Phi) is 7.25. The molecule has 0 spiro atoms. The third kappa shape index (κ3) is 4.43. The number of nitrogens with one attached hydrogen (secondary N) is 1. The molecule has 0 saturated carbocycles. The van der Waals surface area contributed by atoms with E-state index < -0.39 is 10.0 Å². The van der Waals surface area contributed by atoms with Crippen LogP contribution in [0.1, 0.15) is 6.92 Å². The van der Waals surface area contributed by atoms with Gasteiger partial charge in [-0.05, 0) is 0 Å². The third-order valence-corrected chi connectivity index (χ3v) is 3.09. The zero-order chi connectivity index (χ0) is 9.90. The van der Waals surface area contributed by atoms with Crippen LogP contribution in [0.25, 0.3) is 0 Å². The molecule has 0 aliphatic carbocycles. The smallest absolute Gasteiger partial charge is 0.870 e. The van der Waals surface area contributed by atoms with Crippen molar-refractivity contribution < 1.29 is 19.4 Å². The number of sulfonamides is 1. The maximum atomic E-state index is 11.4. The maximum absolute atomic E-state index is 11.4. The molecule has 5 nitrogen and oxygen atoms in total. The van der Waals surface area contributed by atoms with Gasteiger partial charge in [0.25, 0.3) is 0 Å². The van der Waals surface area contributed by atoms with Crippen LogP contribution in [0.3, 0.4) is 0 Å². The molecule has 0 aliphatic rings. The van der Waals surface area contributed by atoms with E-state index >= 15 is 0 Å². The predicted octanol–water partition coefficient (Wildman–Crippen LogP) is -0.575. The molecule has 0 aliphatic heterocycles. The molecule has 0 fully saturated rings. The molecule has 7 heteroatoms. The summed E-state index contributed by atoms with van der Waals surface area (Å²) in [5.74, 6) is 0. The Morgan fingerprint density at radius 1 is 1.20 bits per heavy atom. The molecular formula is C8H12BNO4S. The van der Waals surface area contributed by atoms with Gasteiger partial charge in [-0.15, -0.1) is 0 Å². The minimum Gasteiger partial charge on any atom is -0.870 e. The summed E-state index contributed by atoms with van der Waals surface area (Å²) in [6.07, 6.45) is 0. The van der Waals surface area contributed by atoms with Crippen molar-refractivity contribution in [2.24, 2.45) is 0 Å². The minimum atomic E-state index is -3.33. The Labute approximate surface area is 90.6 Å². The summed E-state index contributed by atoms with van der Waals surface area (Å²) in [7, 11) is 2.10. The first-order valence-electron chi connectivity index (χ1n) is 3.91. The molecule has 0 saturated heterocycles. The summed E-state index contributed by atoms with van der Waals surface area (Å²) in [5.41, 5.74) is 0.551. The van der Waals surface area contributed by atoms with Crippen molar-refractivity contribution in [2.75, 3.05) is 6.54 Å². The van der Waals surface area contributed by atoms with E-state index in [0.29, 0.717) is 12.0 Å². The van der Waals surface area contributed by atoms with Crippen molar-refractivity contribution in [1.82, 2.24) is 4.72 Å². The Morgan fingerprint density at radius 2 is 1.67 bits per heavy atom. The summed E-state index contributed by atoms with van der Waals surface area (Å²) in [4.78, 5) is 0.239. The fourth-order valence-corrected chi connectivity index (χ4v) is 1.96. The average molecular weight is 229 g/mol. The molecule has 3 N–H and O–H groups in total. The number of benzene rings is 1. The Hall–Kier alpha value is -0.885. The fraction of sp³-hybridized carbons (Fsp3) is 0.250. The number of rotatable bonds is 3. The predicted molar refractivity (Wildman–Crippen MR) is 56.6 cm³/mol. The molecule has 1 aromatic rings. The Balaban J connectivity index is 0. The molecule has 0 atom stereocenters. The molecule has 0 bridgehead atoms. The van der Waals surface area contributed by atoms with Crippen molar-refractivity contribution in [3.8, 4) is 0 Å². The monoisotopic (exact) mass is 229 g/mol. The van der Waals surface area contributed by atoms with Crippen LogP contribution in [0.2, 0.25) is 0 Å². The number of hydrogen-bond donors (Lipinski definition) is 1. The van der Waals surface area contributed by atoms with Crippen LogP contribution in [-0.2, 0) is 10.0 Å². The quantitative estimate of drug-likeness (QED) is 0.700. The van der Waals surface area contributed by atoms with Gasteiger partial charge in [0, 0.05) is 0 Å². The second-order valence-electron chi connectivity index (χ2n) is 2.57. The third-order valence-electron chi connectivity index (χ3n) is 1.52. The van der Waals surface area contributed by atoms with Gasteiger partial charge in [0.1, 0.15) is 0 Å². The molecule has 1 rings (SSSR count). The van der Waals surface area contributed by atoms with Gasteiger partial charge in [0.2, 0.25) is 0 Å². The van der Waals surface area contributed by atoms with E-state index in [4.69, 9.17) is 7.85 Å². The molecule has 1 aromatic carbocycles. The van der Waals surface area contributed by atoms with Gasteiger partial charge >= 0.3 is 79.1 Å². The van der Waals surface area contributed by atoms with E-state index in [1.54, 1.807) is 19.1 Å². The summed E-state index contributed by atoms with van der Waals surface area (Å²) >= 11 is 0. The standard InChI is InChI=1S/C8H10BNO2S.2H2O/c1-2-10-13(11,12)8-5-3-7(9)4-6-8;;/h3-6,10H,2H2,1H3;2*1H2/q+2;;/p-2. The van der Waals surface area contributed by atoms with Crippen LogP contribution >= 0.6 is 0 Å². The van der Waals surface area contributed by atoms with E-state index in [1.807, 2.05) is 0 Å². The van der Waals surface area contributed by atoms with Gasteiger partial charge in [0.15, 0.2) is 0 Å². The largest absolute Gasteiger partial charge is 0.870 e. The average Bonchev–Trinajstić information content (AvgIpc) is 2.05. The Bertz CT molecular complexity index is 376. The van der Waals surface area contributed by atoms with Crippen LogP contribution in [0.4, 0.5) is 0 Å². The van der Waals surface area contributed by atoms with Crippen molar-refractivity contribution in [2.45, 2.75) is 11.8 Å². The minimum absolute atomic E-state index is 0. The van der Waals surface area contributed by atoms with Gasteiger partial charge in [-0.1, -0.05) is 0 Å². The molecule has 0 heterocycles. The summed E-state index contributed by atoms with van der Waals surface area (Å²) in [5, 5.41) is 0. The van der Waals surface area contributed by atoms with E-state index in [9.17, 15) is 8.42 Å². The SMILES string of the molecule is [B+2]c1ccc(S(=O)(=O)NCC)cc1.[OH-].[OH-]. The van der Waals surface area contributed by atoms with Gasteiger partial charge in [-0.2, -0.15) is 0 Å². The first kappa shape index (κ1) is 16.5. The molecule has 82 valence electrons. The van der Waals surface area contributed by atoms with Gasteiger partial charge in [-0.3, -0.25) is 0 Å². The summed E-state index contributed by atoms with van der Waals surface area (Å²) in [6, 6.07) is 6.08. The van der Waals surface area contributed by atoms with Gasteiger partial charge < -0.3 is 11.0 Å². The normalized spacial score (nSPS) is 10.1. The molecule has 0 aromatic heterocycles. The number of hydrogen-bond acceptors (Lipinski definition) is 4. The molecule has 0 amide bonds. The van der Waals surface area contributed by atoms with Crippen molar-refractivity contribution >= 4 is 23.3 Å². The van der Waals surface area contributed by atoms with Gasteiger partial charge in [-0.25, -0.2) is 0 Å². The van der Waals surface area contributed by atoms with Gasteiger partial charge in [0.05, 0.1) is 0 Å². The van der Waals surface area contributed by atoms with Crippen LogP contribution < -0.4 is 10.2 Å². The first-order valence-corrected chi connectivity index (χ1v) is 5.40. The Morgan fingerprint density at radius 3 is 2.07 bits per heavy atom. The fourth-order valence-electron chi connectivity index (χ4n) is 0.920. The second-order valence-corrected chi connectivity index (χ2v) is 4.34. The summed E-state index contributed by atoms with van der Waals surface area (Å²) < 4.78 is 25.2. The van der Waals surface area contributed by atoms with Crippen LogP contribution in [0, 0.1) is 0 Å².